The number of hydrogen-bond donors (Lipinski definition) is 2. The van der Waals surface area contributed by atoms with Gasteiger partial charge in [-0.15, -0.1) is 0 Å². The molecule has 0 aromatic heterocycles. The first kappa shape index (κ1) is 13.5. The summed E-state index contributed by atoms with van der Waals surface area (Å²) in [7, 11) is 0. The number of ether oxygens (including phenoxy) is 1. The van der Waals surface area contributed by atoms with Gasteiger partial charge in [-0.2, -0.15) is 0 Å². The molecule has 0 aromatic carbocycles. The highest BCUT2D eigenvalue weighted by molar-refractivity contribution is 5.99. The Morgan fingerprint density at radius 1 is 1.40 bits per heavy atom. The Labute approximate surface area is 116 Å². The molecule has 1 saturated carbocycles. The third-order valence-electron chi connectivity index (χ3n) is 5.04. The van der Waals surface area contributed by atoms with Crippen LogP contribution in [0.15, 0.2) is 23.8 Å². The fourth-order valence-electron chi connectivity index (χ4n) is 3.95. The van der Waals surface area contributed by atoms with Crippen molar-refractivity contribution in [2.24, 2.45) is 11.8 Å². The van der Waals surface area contributed by atoms with E-state index in [1.165, 1.54) is 6.08 Å². The number of carbonyl (C=O) groups excluding carboxylic acids is 2. The summed E-state index contributed by atoms with van der Waals surface area (Å²) >= 11 is 0. The Hall–Kier alpha value is -1.46. The molecule has 5 heteroatoms. The predicted octanol–water partition coefficient (Wildman–Crippen LogP) is 0.505. The fourth-order valence-corrected chi connectivity index (χ4v) is 3.95. The third-order valence-corrected chi connectivity index (χ3v) is 5.04. The van der Waals surface area contributed by atoms with Crippen molar-refractivity contribution in [3.8, 4) is 0 Å². The lowest BCUT2D eigenvalue weighted by molar-refractivity contribution is -0.168. The Morgan fingerprint density at radius 3 is 2.70 bits per heavy atom. The van der Waals surface area contributed by atoms with Crippen molar-refractivity contribution in [1.82, 2.24) is 0 Å². The van der Waals surface area contributed by atoms with Gasteiger partial charge in [0.05, 0.1) is 11.5 Å². The summed E-state index contributed by atoms with van der Waals surface area (Å²) in [6, 6.07) is 0. The number of aliphatic hydroxyl groups is 2. The molecule has 0 aromatic rings. The van der Waals surface area contributed by atoms with E-state index in [-0.39, 0.29) is 11.7 Å². The molecule has 108 valence electrons. The van der Waals surface area contributed by atoms with Gasteiger partial charge in [-0.05, 0) is 38.3 Å². The molecule has 3 aliphatic rings. The minimum Gasteiger partial charge on any atom is -0.455 e. The molecule has 0 amide bonds. The SMILES string of the molecule is C=C1C(=O)OC2C1CCC(C)(O)C1C(=O)C=C(C)C21O. The molecule has 1 heterocycles. The average Bonchev–Trinajstić information content (AvgIpc) is 2.71. The largest absolute Gasteiger partial charge is 0.455 e. The molecule has 2 N–H and O–H groups in total. The van der Waals surface area contributed by atoms with Gasteiger partial charge in [0.1, 0.15) is 11.7 Å². The van der Waals surface area contributed by atoms with E-state index in [1.807, 2.05) is 0 Å². The first-order valence-corrected chi connectivity index (χ1v) is 6.76. The zero-order chi connectivity index (χ0) is 14.9. The van der Waals surface area contributed by atoms with E-state index >= 15 is 0 Å². The lowest BCUT2D eigenvalue weighted by Crippen LogP contribution is -2.56. The monoisotopic (exact) mass is 278 g/mol. The fraction of sp³-hybridized carbons (Fsp3) is 0.600. The van der Waals surface area contributed by atoms with Crippen molar-refractivity contribution >= 4 is 11.8 Å². The second-order valence-corrected chi connectivity index (χ2v) is 6.34. The lowest BCUT2D eigenvalue weighted by Gasteiger charge is -2.40. The van der Waals surface area contributed by atoms with E-state index in [2.05, 4.69) is 6.58 Å². The van der Waals surface area contributed by atoms with E-state index in [4.69, 9.17) is 4.74 Å². The van der Waals surface area contributed by atoms with Crippen molar-refractivity contribution in [3.05, 3.63) is 23.8 Å². The highest BCUT2D eigenvalue weighted by atomic mass is 16.6. The maximum atomic E-state index is 12.2. The zero-order valence-electron chi connectivity index (χ0n) is 11.5. The average molecular weight is 278 g/mol. The first-order valence-electron chi connectivity index (χ1n) is 6.76. The number of esters is 1. The van der Waals surface area contributed by atoms with Crippen LogP contribution in [0, 0.1) is 11.8 Å². The van der Waals surface area contributed by atoms with Gasteiger partial charge in [-0.1, -0.05) is 6.58 Å². The van der Waals surface area contributed by atoms with Crippen LogP contribution in [0.3, 0.4) is 0 Å². The van der Waals surface area contributed by atoms with Crippen LogP contribution in [0.5, 0.6) is 0 Å². The van der Waals surface area contributed by atoms with Crippen molar-refractivity contribution in [2.45, 2.75) is 44.0 Å². The number of hydrogen-bond acceptors (Lipinski definition) is 5. The van der Waals surface area contributed by atoms with E-state index < -0.39 is 29.2 Å². The van der Waals surface area contributed by atoms with Gasteiger partial charge in [-0.3, -0.25) is 4.79 Å². The summed E-state index contributed by atoms with van der Waals surface area (Å²) in [5, 5.41) is 21.7. The van der Waals surface area contributed by atoms with Crippen LogP contribution in [0.2, 0.25) is 0 Å². The molecule has 5 nitrogen and oxygen atoms in total. The van der Waals surface area contributed by atoms with Crippen LogP contribution in [0.25, 0.3) is 0 Å². The summed E-state index contributed by atoms with van der Waals surface area (Å²) in [5.74, 6) is -2.20. The molecule has 3 rings (SSSR count). The summed E-state index contributed by atoms with van der Waals surface area (Å²) in [6.45, 7) is 6.91. The standard InChI is InChI=1S/C15H18O5/c1-7-6-10(16)11-14(3,18)5-4-9-8(2)13(17)20-12(9)15(7,11)19/h6,9,11-12,18-19H,2,4-5H2,1,3H3. The Kier molecular flexibility index (Phi) is 2.57. The van der Waals surface area contributed by atoms with Gasteiger partial charge in [0.25, 0.3) is 0 Å². The molecule has 5 atom stereocenters. The van der Waals surface area contributed by atoms with Crippen molar-refractivity contribution in [1.29, 1.82) is 0 Å². The van der Waals surface area contributed by atoms with Crippen LogP contribution < -0.4 is 0 Å². The van der Waals surface area contributed by atoms with Gasteiger partial charge >= 0.3 is 5.97 Å². The molecule has 20 heavy (non-hydrogen) atoms. The number of fused-ring (bicyclic) bond motifs is 3. The number of rotatable bonds is 0. The summed E-state index contributed by atoms with van der Waals surface area (Å²) in [5.41, 5.74) is -2.23. The quantitative estimate of drug-likeness (QED) is 0.498. The Bertz CT molecular complexity index is 559. The molecular formula is C15H18O5. The van der Waals surface area contributed by atoms with E-state index in [1.54, 1.807) is 13.8 Å². The third kappa shape index (κ3) is 1.45. The van der Waals surface area contributed by atoms with Gasteiger partial charge in [0, 0.05) is 11.5 Å². The first-order chi connectivity index (χ1) is 9.19. The Morgan fingerprint density at radius 2 is 2.05 bits per heavy atom. The highest BCUT2D eigenvalue weighted by Gasteiger charge is 2.65. The van der Waals surface area contributed by atoms with Crippen molar-refractivity contribution in [3.63, 3.8) is 0 Å². The van der Waals surface area contributed by atoms with Gasteiger partial charge in [0.15, 0.2) is 5.78 Å². The lowest BCUT2D eigenvalue weighted by atomic mass is 9.72. The number of allylic oxidation sites excluding steroid dienone is 1. The van der Waals surface area contributed by atoms with E-state index in [0.29, 0.717) is 24.0 Å². The minimum absolute atomic E-state index is 0.309. The zero-order valence-corrected chi connectivity index (χ0v) is 11.5. The van der Waals surface area contributed by atoms with Crippen LogP contribution in [0.1, 0.15) is 26.7 Å². The molecule has 1 aliphatic heterocycles. The molecule has 5 unspecified atom stereocenters. The molecule has 2 aliphatic carbocycles. The predicted molar refractivity (Wildman–Crippen MR) is 69.6 cm³/mol. The molecule has 2 fully saturated rings. The van der Waals surface area contributed by atoms with Crippen molar-refractivity contribution < 1.29 is 24.5 Å². The maximum absolute atomic E-state index is 12.2. The highest BCUT2D eigenvalue weighted by Crippen LogP contribution is 2.53. The summed E-state index contributed by atoms with van der Waals surface area (Å²) in [4.78, 5) is 23.9. The van der Waals surface area contributed by atoms with Crippen LogP contribution >= 0.6 is 0 Å². The summed E-state index contributed by atoms with van der Waals surface area (Å²) in [6.07, 6.45) is 1.27. The molecular weight excluding hydrogens is 260 g/mol. The van der Waals surface area contributed by atoms with Crippen molar-refractivity contribution in [2.75, 3.05) is 0 Å². The van der Waals surface area contributed by atoms with E-state index in [0.717, 1.165) is 0 Å². The molecule has 1 saturated heterocycles. The number of carbonyl (C=O) groups is 2. The molecule has 0 radical (unpaired) electrons. The van der Waals surface area contributed by atoms with Crippen LogP contribution in [0.4, 0.5) is 0 Å². The van der Waals surface area contributed by atoms with Gasteiger partial charge < -0.3 is 14.9 Å². The van der Waals surface area contributed by atoms with E-state index in [9.17, 15) is 19.8 Å². The minimum atomic E-state index is -1.64. The molecule has 0 spiro atoms. The topological polar surface area (TPSA) is 83.8 Å². The number of ketones is 1. The second kappa shape index (κ2) is 3.80. The maximum Gasteiger partial charge on any atom is 0.334 e. The van der Waals surface area contributed by atoms with Gasteiger partial charge in [0.2, 0.25) is 0 Å². The van der Waals surface area contributed by atoms with Crippen LogP contribution in [-0.4, -0.2) is 39.3 Å². The molecule has 0 bridgehead atoms. The summed E-state index contributed by atoms with van der Waals surface area (Å²) < 4.78 is 5.29. The normalized spacial score (nSPS) is 47.5. The second-order valence-electron chi connectivity index (χ2n) is 6.34. The van der Waals surface area contributed by atoms with Crippen LogP contribution in [-0.2, 0) is 14.3 Å². The Balaban J connectivity index is 2.17. The van der Waals surface area contributed by atoms with Gasteiger partial charge in [-0.25, -0.2) is 4.79 Å². The smallest absolute Gasteiger partial charge is 0.334 e.